The molecular formula is C14H17N3O. The molecule has 2 aromatic rings. The lowest BCUT2D eigenvalue weighted by molar-refractivity contribution is 0.507. The van der Waals surface area contributed by atoms with Crippen LogP contribution in [-0.4, -0.2) is 22.1 Å². The Morgan fingerprint density at radius 1 is 1.44 bits per heavy atom. The van der Waals surface area contributed by atoms with Gasteiger partial charge in [0.25, 0.3) is 5.56 Å². The van der Waals surface area contributed by atoms with Gasteiger partial charge in [0.05, 0.1) is 11.0 Å². The van der Waals surface area contributed by atoms with Gasteiger partial charge in [0.15, 0.2) is 0 Å². The molecule has 0 amide bonds. The first-order valence-electron chi connectivity index (χ1n) is 6.45. The number of nitrogens with one attached hydrogen (secondary N) is 1. The average Bonchev–Trinajstić information content (AvgIpc) is 2.88. The molecule has 3 rings (SSSR count). The first-order valence-corrected chi connectivity index (χ1v) is 6.45. The van der Waals surface area contributed by atoms with E-state index >= 15 is 0 Å². The van der Waals surface area contributed by atoms with E-state index in [1.165, 1.54) is 6.42 Å². The summed E-state index contributed by atoms with van der Waals surface area (Å²) in [7, 11) is 0. The van der Waals surface area contributed by atoms with E-state index < -0.39 is 0 Å². The van der Waals surface area contributed by atoms with Crippen LogP contribution in [0.15, 0.2) is 29.1 Å². The van der Waals surface area contributed by atoms with Gasteiger partial charge in [0.1, 0.15) is 5.69 Å². The fourth-order valence-electron chi connectivity index (χ4n) is 2.63. The summed E-state index contributed by atoms with van der Waals surface area (Å²) in [4.78, 5) is 16.6. The lowest BCUT2D eigenvalue weighted by Gasteiger charge is -2.15. The zero-order valence-corrected chi connectivity index (χ0v) is 10.5. The van der Waals surface area contributed by atoms with Crippen molar-refractivity contribution in [2.75, 3.05) is 6.54 Å². The van der Waals surface area contributed by atoms with Gasteiger partial charge < -0.3 is 9.88 Å². The summed E-state index contributed by atoms with van der Waals surface area (Å²) in [6.07, 6.45) is 2.34. The smallest absolute Gasteiger partial charge is 0.272 e. The minimum absolute atomic E-state index is 0.0300. The van der Waals surface area contributed by atoms with Gasteiger partial charge in [-0.1, -0.05) is 12.1 Å². The predicted octanol–water partition coefficient (Wildman–Crippen LogP) is 1.46. The van der Waals surface area contributed by atoms with E-state index in [1.54, 1.807) is 6.92 Å². The van der Waals surface area contributed by atoms with Crippen LogP contribution in [-0.2, 0) is 6.54 Å². The molecule has 0 saturated carbocycles. The van der Waals surface area contributed by atoms with Crippen LogP contribution in [0.4, 0.5) is 0 Å². The van der Waals surface area contributed by atoms with Gasteiger partial charge in [-0.15, -0.1) is 0 Å². The van der Waals surface area contributed by atoms with Crippen molar-refractivity contribution in [3.05, 3.63) is 40.3 Å². The third kappa shape index (κ3) is 1.93. The molecule has 1 aromatic carbocycles. The summed E-state index contributed by atoms with van der Waals surface area (Å²) in [5, 5.41) is 3.44. The fraction of sp³-hybridized carbons (Fsp3) is 0.429. The Hall–Kier alpha value is -1.68. The topological polar surface area (TPSA) is 46.9 Å². The summed E-state index contributed by atoms with van der Waals surface area (Å²) in [6, 6.07) is 8.25. The van der Waals surface area contributed by atoms with E-state index in [0.29, 0.717) is 11.7 Å². The summed E-state index contributed by atoms with van der Waals surface area (Å²) < 4.78 is 1.86. The zero-order chi connectivity index (χ0) is 12.5. The third-order valence-electron chi connectivity index (χ3n) is 3.58. The van der Waals surface area contributed by atoms with Gasteiger partial charge >= 0.3 is 0 Å². The molecule has 4 nitrogen and oxygen atoms in total. The Morgan fingerprint density at radius 2 is 2.28 bits per heavy atom. The highest BCUT2D eigenvalue weighted by atomic mass is 16.1. The fourth-order valence-corrected chi connectivity index (χ4v) is 2.63. The van der Waals surface area contributed by atoms with Gasteiger partial charge in [-0.05, 0) is 38.4 Å². The summed E-state index contributed by atoms with van der Waals surface area (Å²) in [5.41, 5.74) is 2.43. The maximum Gasteiger partial charge on any atom is 0.272 e. The molecule has 1 aliphatic rings. The van der Waals surface area contributed by atoms with E-state index in [0.717, 1.165) is 30.5 Å². The Kier molecular flexibility index (Phi) is 2.88. The lowest BCUT2D eigenvalue weighted by atomic mass is 10.2. The maximum atomic E-state index is 12.2. The van der Waals surface area contributed by atoms with Crippen LogP contribution in [0.2, 0.25) is 0 Å². The van der Waals surface area contributed by atoms with Crippen LogP contribution in [0.5, 0.6) is 0 Å². The van der Waals surface area contributed by atoms with Gasteiger partial charge in [-0.3, -0.25) is 4.79 Å². The predicted molar refractivity (Wildman–Crippen MR) is 71.8 cm³/mol. The number of aromatic nitrogens is 2. The molecule has 0 aliphatic carbocycles. The Balaban J connectivity index is 2.12. The second kappa shape index (κ2) is 4.53. The Labute approximate surface area is 106 Å². The molecule has 1 fully saturated rings. The van der Waals surface area contributed by atoms with Crippen molar-refractivity contribution in [1.82, 2.24) is 14.9 Å². The number of hydrogen-bond acceptors (Lipinski definition) is 3. The molecule has 4 heteroatoms. The van der Waals surface area contributed by atoms with E-state index in [4.69, 9.17) is 0 Å². The molecule has 94 valence electrons. The van der Waals surface area contributed by atoms with Gasteiger partial charge in [-0.25, -0.2) is 4.98 Å². The molecular weight excluding hydrogens is 226 g/mol. The van der Waals surface area contributed by atoms with Crippen LogP contribution in [0.25, 0.3) is 11.0 Å². The lowest BCUT2D eigenvalue weighted by Crippen LogP contribution is -2.33. The SMILES string of the molecule is Cc1nc2ccccc2n(C[C@H]2CCCN2)c1=O. The number of rotatable bonds is 2. The van der Waals surface area contributed by atoms with Crippen LogP contribution in [0.1, 0.15) is 18.5 Å². The highest BCUT2D eigenvalue weighted by molar-refractivity contribution is 5.74. The van der Waals surface area contributed by atoms with E-state index in [9.17, 15) is 4.79 Å². The maximum absolute atomic E-state index is 12.2. The van der Waals surface area contributed by atoms with E-state index in [2.05, 4.69) is 10.3 Å². The highest BCUT2D eigenvalue weighted by Crippen LogP contribution is 2.13. The first kappa shape index (κ1) is 11.4. The highest BCUT2D eigenvalue weighted by Gasteiger charge is 2.17. The van der Waals surface area contributed by atoms with Crippen molar-refractivity contribution in [3.63, 3.8) is 0 Å². The largest absolute Gasteiger partial charge is 0.312 e. The van der Waals surface area contributed by atoms with Gasteiger partial charge in [0.2, 0.25) is 0 Å². The standard InChI is InChI=1S/C14H17N3O/c1-10-14(18)17(9-11-5-4-8-15-11)13-7-3-2-6-12(13)16-10/h2-3,6-7,11,15H,4-5,8-9H2,1H3/t11-/m1/s1. The van der Waals surface area contributed by atoms with Crippen LogP contribution >= 0.6 is 0 Å². The summed E-state index contributed by atoms with van der Waals surface area (Å²) in [5.74, 6) is 0. The second-order valence-corrected chi connectivity index (χ2v) is 4.89. The van der Waals surface area contributed by atoms with Crippen LogP contribution in [0.3, 0.4) is 0 Å². The molecule has 0 radical (unpaired) electrons. The second-order valence-electron chi connectivity index (χ2n) is 4.89. The summed E-state index contributed by atoms with van der Waals surface area (Å²) >= 11 is 0. The van der Waals surface area contributed by atoms with Crippen LogP contribution < -0.4 is 10.9 Å². The third-order valence-corrected chi connectivity index (χ3v) is 3.58. The Bertz CT molecular complexity index is 626. The van der Waals surface area contributed by atoms with Crippen molar-refractivity contribution >= 4 is 11.0 Å². The van der Waals surface area contributed by atoms with Crippen molar-refractivity contribution in [2.24, 2.45) is 0 Å². The van der Waals surface area contributed by atoms with Crippen molar-refractivity contribution in [1.29, 1.82) is 0 Å². The van der Waals surface area contributed by atoms with Crippen molar-refractivity contribution < 1.29 is 0 Å². The molecule has 1 atom stereocenters. The number of aryl methyl sites for hydroxylation is 1. The monoisotopic (exact) mass is 243 g/mol. The van der Waals surface area contributed by atoms with Gasteiger partial charge in [-0.2, -0.15) is 0 Å². The number of hydrogen-bond donors (Lipinski definition) is 1. The molecule has 2 heterocycles. The molecule has 1 saturated heterocycles. The first-order chi connectivity index (χ1) is 8.75. The molecule has 0 bridgehead atoms. The zero-order valence-electron chi connectivity index (χ0n) is 10.5. The quantitative estimate of drug-likeness (QED) is 0.868. The van der Waals surface area contributed by atoms with E-state index in [-0.39, 0.29) is 5.56 Å². The van der Waals surface area contributed by atoms with Crippen molar-refractivity contribution in [2.45, 2.75) is 32.4 Å². The molecule has 1 aromatic heterocycles. The Morgan fingerprint density at radius 3 is 3.06 bits per heavy atom. The molecule has 18 heavy (non-hydrogen) atoms. The van der Waals surface area contributed by atoms with Crippen LogP contribution in [0, 0.1) is 6.92 Å². The molecule has 1 aliphatic heterocycles. The normalized spacial score (nSPS) is 19.5. The van der Waals surface area contributed by atoms with Crippen molar-refractivity contribution in [3.8, 4) is 0 Å². The number of fused-ring (bicyclic) bond motifs is 1. The minimum atomic E-state index is 0.0300. The molecule has 0 unspecified atom stereocenters. The number of para-hydroxylation sites is 2. The minimum Gasteiger partial charge on any atom is -0.312 e. The average molecular weight is 243 g/mol. The number of nitrogens with zero attached hydrogens (tertiary/aromatic N) is 2. The summed E-state index contributed by atoms with van der Waals surface area (Å²) in [6.45, 7) is 3.58. The van der Waals surface area contributed by atoms with E-state index in [1.807, 2.05) is 28.8 Å². The van der Waals surface area contributed by atoms with Gasteiger partial charge in [0, 0.05) is 12.6 Å². The molecule has 0 spiro atoms. The molecule has 1 N–H and O–H groups in total. The number of benzene rings is 1.